The van der Waals surface area contributed by atoms with Crippen molar-refractivity contribution in [1.82, 2.24) is 9.97 Å². The Morgan fingerprint density at radius 1 is 1.14 bits per heavy atom. The van der Waals surface area contributed by atoms with Crippen LogP contribution in [0, 0.1) is 5.41 Å². The highest BCUT2D eigenvalue weighted by atomic mass is 16.6. The Labute approximate surface area is 209 Å². The molecule has 3 heterocycles. The Bertz CT molecular complexity index is 1020. The Morgan fingerprint density at radius 2 is 1.80 bits per heavy atom. The largest absolute Gasteiger partial charge is 0.506 e. The maximum atomic E-state index is 13.5. The third-order valence-electron chi connectivity index (χ3n) is 6.26. The van der Waals surface area contributed by atoms with Gasteiger partial charge in [0.25, 0.3) is 0 Å². The number of esters is 1. The van der Waals surface area contributed by atoms with Crippen molar-refractivity contribution < 1.29 is 19.4 Å². The number of rotatable bonds is 7. The topological polar surface area (TPSA) is 84.8 Å². The summed E-state index contributed by atoms with van der Waals surface area (Å²) in [6, 6.07) is 3.40. The molecule has 1 fully saturated rings. The van der Waals surface area contributed by atoms with Crippen LogP contribution in [0.25, 0.3) is 11.3 Å². The zero-order valence-corrected chi connectivity index (χ0v) is 22.5. The van der Waals surface area contributed by atoms with Gasteiger partial charge in [-0.3, -0.25) is 9.97 Å². The Morgan fingerprint density at radius 3 is 2.31 bits per heavy atom. The second kappa shape index (κ2) is 10.5. The first-order valence-electron chi connectivity index (χ1n) is 12.6. The van der Waals surface area contributed by atoms with E-state index >= 15 is 0 Å². The molecule has 1 atom stereocenters. The summed E-state index contributed by atoms with van der Waals surface area (Å²) in [5.41, 5.74) is 3.65. The molecule has 0 spiro atoms. The molecule has 35 heavy (non-hydrogen) atoms. The number of aromatic hydroxyl groups is 1. The first-order chi connectivity index (χ1) is 16.3. The van der Waals surface area contributed by atoms with E-state index in [2.05, 4.69) is 23.7 Å². The lowest BCUT2D eigenvalue weighted by molar-refractivity contribution is -0.171. The van der Waals surface area contributed by atoms with Gasteiger partial charge in [-0.25, -0.2) is 4.79 Å². The third kappa shape index (κ3) is 6.72. The molecule has 0 amide bonds. The number of carbonyl (C=O) groups excluding carboxylic acids is 1. The van der Waals surface area contributed by atoms with E-state index < -0.39 is 17.7 Å². The first-order valence-corrected chi connectivity index (χ1v) is 12.6. The van der Waals surface area contributed by atoms with Crippen LogP contribution in [0.1, 0.15) is 85.6 Å². The van der Waals surface area contributed by atoms with Crippen LogP contribution in [0.15, 0.2) is 24.5 Å². The van der Waals surface area contributed by atoms with Gasteiger partial charge in [0.2, 0.25) is 0 Å². The van der Waals surface area contributed by atoms with Crippen molar-refractivity contribution in [3.05, 3.63) is 35.8 Å². The SMILES string of the molecule is CCc1ncc(-c2ccc(O)cn2)c(N2CCC(C)(C)CC2)c1[C@H](OC(C)(C)C)C(=O)OC(C)C. The van der Waals surface area contributed by atoms with Crippen molar-refractivity contribution in [2.45, 2.75) is 92.5 Å². The molecule has 0 unspecified atom stereocenters. The van der Waals surface area contributed by atoms with E-state index in [1.54, 1.807) is 12.1 Å². The van der Waals surface area contributed by atoms with E-state index in [-0.39, 0.29) is 17.3 Å². The van der Waals surface area contributed by atoms with Gasteiger partial charge in [-0.05, 0) is 71.4 Å². The molecule has 0 bridgehead atoms. The van der Waals surface area contributed by atoms with E-state index in [4.69, 9.17) is 14.5 Å². The number of anilines is 1. The summed E-state index contributed by atoms with van der Waals surface area (Å²) in [4.78, 5) is 25.1. The van der Waals surface area contributed by atoms with Gasteiger partial charge in [0, 0.05) is 36.1 Å². The van der Waals surface area contributed by atoms with Crippen molar-refractivity contribution in [1.29, 1.82) is 0 Å². The molecule has 192 valence electrons. The van der Waals surface area contributed by atoms with Crippen molar-refractivity contribution in [3.8, 4) is 17.0 Å². The number of hydrogen-bond donors (Lipinski definition) is 1. The minimum absolute atomic E-state index is 0.0998. The summed E-state index contributed by atoms with van der Waals surface area (Å²) in [5, 5.41) is 9.82. The smallest absolute Gasteiger partial charge is 0.340 e. The fourth-order valence-electron chi connectivity index (χ4n) is 4.39. The quantitative estimate of drug-likeness (QED) is 0.495. The number of hydrogen-bond acceptors (Lipinski definition) is 7. The monoisotopic (exact) mass is 483 g/mol. The Kier molecular flexibility index (Phi) is 8.10. The van der Waals surface area contributed by atoms with Crippen LogP contribution in [0.4, 0.5) is 5.69 Å². The molecule has 3 rings (SSSR count). The first kappa shape index (κ1) is 26.9. The molecule has 1 N–H and O–H groups in total. The van der Waals surface area contributed by atoms with Crippen LogP contribution in [0.5, 0.6) is 5.75 Å². The summed E-state index contributed by atoms with van der Waals surface area (Å²) in [6.07, 6.45) is 4.76. The second-order valence-electron chi connectivity index (χ2n) is 11.4. The molecule has 7 heteroatoms. The van der Waals surface area contributed by atoms with Gasteiger partial charge in [0.15, 0.2) is 6.10 Å². The average molecular weight is 484 g/mol. The van der Waals surface area contributed by atoms with Crippen molar-refractivity contribution in [2.24, 2.45) is 5.41 Å². The Balaban J connectivity index is 2.28. The van der Waals surface area contributed by atoms with E-state index in [0.29, 0.717) is 12.1 Å². The van der Waals surface area contributed by atoms with Gasteiger partial charge in [-0.1, -0.05) is 20.8 Å². The molecule has 2 aromatic heterocycles. The second-order valence-corrected chi connectivity index (χ2v) is 11.4. The highest BCUT2D eigenvalue weighted by Crippen LogP contribution is 2.43. The van der Waals surface area contributed by atoms with Crippen molar-refractivity contribution >= 4 is 11.7 Å². The predicted molar refractivity (Wildman–Crippen MR) is 139 cm³/mol. The lowest BCUT2D eigenvalue weighted by Crippen LogP contribution is -2.39. The van der Waals surface area contributed by atoms with Crippen LogP contribution in [-0.2, 0) is 20.7 Å². The van der Waals surface area contributed by atoms with Gasteiger partial charge >= 0.3 is 5.97 Å². The van der Waals surface area contributed by atoms with E-state index in [1.807, 2.05) is 47.7 Å². The van der Waals surface area contributed by atoms with E-state index in [0.717, 1.165) is 48.4 Å². The molecule has 1 aliphatic heterocycles. The summed E-state index contributed by atoms with van der Waals surface area (Å²) in [7, 11) is 0. The van der Waals surface area contributed by atoms with Crippen molar-refractivity contribution in [2.75, 3.05) is 18.0 Å². The molecular formula is C28H41N3O4. The maximum absolute atomic E-state index is 13.5. The molecule has 1 aliphatic rings. The van der Waals surface area contributed by atoms with Crippen LogP contribution in [-0.4, -0.2) is 45.8 Å². The summed E-state index contributed by atoms with van der Waals surface area (Å²) < 4.78 is 12.1. The number of ether oxygens (including phenoxy) is 2. The molecule has 0 aliphatic carbocycles. The number of carbonyl (C=O) groups is 1. The number of aryl methyl sites for hydroxylation is 1. The molecule has 0 radical (unpaired) electrons. The van der Waals surface area contributed by atoms with Gasteiger partial charge in [-0.2, -0.15) is 0 Å². The van der Waals surface area contributed by atoms with Crippen LogP contribution in [0.2, 0.25) is 0 Å². The average Bonchev–Trinajstić information content (AvgIpc) is 2.76. The summed E-state index contributed by atoms with van der Waals surface area (Å²) >= 11 is 0. The molecule has 2 aromatic rings. The fraction of sp³-hybridized carbons (Fsp3) is 0.607. The van der Waals surface area contributed by atoms with Crippen LogP contribution < -0.4 is 4.90 Å². The van der Waals surface area contributed by atoms with E-state index in [9.17, 15) is 9.90 Å². The van der Waals surface area contributed by atoms with Gasteiger partial charge in [0.05, 0.1) is 29.3 Å². The molecule has 7 nitrogen and oxygen atoms in total. The number of pyridine rings is 2. The number of nitrogens with zero attached hydrogens (tertiary/aromatic N) is 3. The molecule has 0 saturated carbocycles. The number of piperidine rings is 1. The van der Waals surface area contributed by atoms with Gasteiger partial charge in [-0.15, -0.1) is 0 Å². The highest BCUT2D eigenvalue weighted by Gasteiger charge is 2.37. The van der Waals surface area contributed by atoms with Gasteiger partial charge in [0.1, 0.15) is 5.75 Å². The third-order valence-corrected chi connectivity index (χ3v) is 6.26. The highest BCUT2D eigenvalue weighted by molar-refractivity contribution is 5.86. The van der Waals surface area contributed by atoms with Gasteiger partial charge < -0.3 is 19.5 Å². The maximum Gasteiger partial charge on any atom is 0.340 e. The predicted octanol–water partition coefficient (Wildman–Crippen LogP) is 5.85. The number of aromatic nitrogens is 2. The summed E-state index contributed by atoms with van der Waals surface area (Å²) in [6.45, 7) is 17.8. The van der Waals surface area contributed by atoms with Crippen LogP contribution in [0.3, 0.4) is 0 Å². The van der Waals surface area contributed by atoms with Crippen LogP contribution >= 0.6 is 0 Å². The standard InChI is InChI=1S/C28H41N3O4/c1-9-21-23(25(35-27(4,5)6)26(33)34-18(2)3)24(31-14-12-28(7,8)13-15-31)20(17-30-21)22-11-10-19(32)16-29-22/h10-11,16-18,25,32H,9,12-15H2,1-8H3/t25-/m0/s1. The Hall–Kier alpha value is -2.67. The summed E-state index contributed by atoms with van der Waals surface area (Å²) in [5.74, 6) is -0.316. The minimum Gasteiger partial charge on any atom is -0.506 e. The molecule has 0 aromatic carbocycles. The lowest BCUT2D eigenvalue weighted by Gasteiger charge is -2.41. The molecular weight excluding hydrogens is 442 g/mol. The van der Waals surface area contributed by atoms with E-state index in [1.165, 1.54) is 6.20 Å². The van der Waals surface area contributed by atoms with Crippen molar-refractivity contribution in [3.63, 3.8) is 0 Å². The zero-order valence-electron chi connectivity index (χ0n) is 22.5. The zero-order chi connectivity index (χ0) is 26.0. The molecule has 1 saturated heterocycles. The minimum atomic E-state index is -0.929. The lowest BCUT2D eigenvalue weighted by atomic mass is 9.82. The fourth-order valence-corrected chi connectivity index (χ4v) is 4.39. The normalized spacial score (nSPS) is 16.9.